The van der Waals surface area contributed by atoms with Gasteiger partial charge in [0.25, 0.3) is 0 Å². The number of hydrogen-bond donors (Lipinski definition) is 2. The van der Waals surface area contributed by atoms with Crippen LogP contribution in [0.3, 0.4) is 0 Å². The number of carbonyl (C=O) groups is 1. The molecule has 4 rings (SSSR count). The van der Waals surface area contributed by atoms with Gasteiger partial charge < -0.3 is 14.7 Å². The van der Waals surface area contributed by atoms with Crippen molar-refractivity contribution in [3.05, 3.63) is 72.8 Å². The number of anilines is 1. The summed E-state index contributed by atoms with van der Waals surface area (Å²) in [5.41, 5.74) is 0.942. The van der Waals surface area contributed by atoms with Gasteiger partial charge in [0.15, 0.2) is 0 Å². The molecule has 1 heterocycles. The molecule has 1 atom stereocenters. The number of aliphatic hydroxyl groups is 1. The highest BCUT2D eigenvalue weighted by Crippen LogP contribution is 2.27. The lowest BCUT2D eigenvalue weighted by Gasteiger charge is -2.28. The number of benzene rings is 3. The summed E-state index contributed by atoms with van der Waals surface area (Å²) in [6.07, 6.45) is -0.855. The van der Waals surface area contributed by atoms with Gasteiger partial charge in [0, 0.05) is 17.0 Å². The minimum atomic E-state index is -0.855. The van der Waals surface area contributed by atoms with E-state index in [-0.39, 0.29) is 25.2 Å². The lowest BCUT2D eigenvalue weighted by Crippen LogP contribution is -2.45. The summed E-state index contributed by atoms with van der Waals surface area (Å²) in [6.45, 7) is 3.99. The maximum Gasteiger partial charge on any atom is 0.324 e. The number of aliphatic hydroxyl groups excluding tert-OH is 1. The van der Waals surface area contributed by atoms with Crippen LogP contribution >= 0.6 is 11.3 Å². The Morgan fingerprint density at radius 1 is 1.03 bits per heavy atom. The van der Waals surface area contributed by atoms with E-state index < -0.39 is 6.10 Å². The molecule has 8 heteroatoms. The van der Waals surface area contributed by atoms with E-state index in [2.05, 4.69) is 15.5 Å². The molecule has 0 spiro atoms. The molecule has 0 saturated heterocycles. The van der Waals surface area contributed by atoms with Crippen LogP contribution < -0.4 is 10.1 Å². The van der Waals surface area contributed by atoms with Crippen molar-refractivity contribution in [1.29, 1.82) is 0 Å². The van der Waals surface area contributed by atoms with Gasteiger partial charge in [-0.15, -0.1) is 10.2 Å². The molecule has 0 aliphatic rings. The van der Waals surface area contributed by atoms with Crippen LogP contribution in [0.25, 0.3) is 21.3 Å². The number of aromatic nitrogens is 2. The summed E-state index contributed by atoms with van der Waals surface area (Å²) < 4.78 is 5.88. The van der Waals surface area contributed by atoms with Crippen LogP contribution in [0.2, 0.25) is 0 Å². The molecule has 0 bridgehead atoms. The Hall–Kier alpha value is -3.49. The van der Waals surface area contributed by atoms with E-state index in [4.69, 9.17) is 4.74 Å². The van der Waals surface area contributed by atoms with Gasteiger partial charge in [-0.1, -0.05) is 78.1 Å². The Balaban J connectivity index is 1.37. The number of ether oxygens (including phenoxy) is 1. The van der Waals surface area contributed by atoms with Gasteiger partial charge in [0.1, 0.15) is 23.5 Å². The van der Waals surface area contributed by atoms with Crippen LogP contribution in [0.4, 0.5) is 9.93 Å². The van der Waals surface area contributed by atoms with E-state index in [1.807, 2.05) is 86.6 Å². The average molecular weight is 463 g/mol. The molecule has 0 saturated carbocycles. The Kier molecular flexibility index (Phi) is 7.16. The van der Waals surface area contributed by atoms with Crippen LogP contribution in [0.5, 0.6) is 5.75 Å². The molecule has 0 radical (unpaired) electrons. The first-order valence-electron chi connectivity index (χ1n) is 10.8. The van der Waals surface area contributed by atoms with Crippen molar-refractivity contribution in [3.8, 4) is 16.3 Å². The van der Waals surface area contributed by atoms with Crippen molar-refractivity contribution < 1.29 is 14.6 Å². The molecule has 2 amide bonds. The number of carbonyl (C=O) groups excluding carboxylic acids is 1. The van der Waals surface area contributed by atoms with Crippen molar-refractivity contribution in [3.63, 3.8) is 0 Å². The molecule has 7 nitrogen and oxygen atoms in total. The normalized spacial score (nSPS) is 12.0. The predicted octanol–water partition coefficient (Wildman–Crippen LogP) is 5.04. The van der Waals surface area contributed by atoms with Crippen molar-refractivity contribution in [2.75, 3.05) is 18.5 Å². The first-order chi connectivity index (χ1) is 16.0. The lowest BCUT2D eigenvalue weighted by molar-refractivity contribution is 0.0722. The first kappa shape index (κ1) is 22.7. The highest BCUT2D eigenvalue weighted by atomic mass is 32.1. The summed E-state index contributed by atoms with van der Waals surface area (Å²) in [6, 6.07) is 22.9. The quantitative estimate of drug-likeness (QED) is 0.383. The second kappa shape index (κ2) is 10.4. The molecule has 0 aliphatic carbocycles. The summed E-state index contributed by atoms with van der Waals surface area (Å²) >= 11 is 1.30. The fourth-order valence-electron chi connectivity index (χ4n) is 3.45. The Bertz CT molecular complexity index is 1210. The zero-order chi connectivity index (χ0) is 23.2. The maximum atomic E-state index is 12.9. The van der Waals surface area contributed by atoms with Crippen LogP contribution in [0, 0.1) is 0 Å². The highest BCUT2D eigenvalue weighted by molar-refractivity contribution is 7.18. The molecular formula is C25H26N4O3S. The highest BCUT2D eigenvalue weighted by Gasteiger charge is 2.22. The molecule has 33 heavy (non-hydrogen) atoms. The van der Waals surface area contributed by atoms with E-state index in [1.165, 1.54) is 11.3 Å². The molecule has 0 fully saturated rings. The summed E-state index contributed by atoms with van der Waals surface area (Å²) in [7, 11) is 0. The van der Waals surface area contributed by atoms with Gasteiger partial charge in [-0.25, -0.2) is 4.79 Å². The van der Waals surface area contributed by atoms with Gasteiger partial charge in [-0.3, -0.25) is 5.32 Å². The molecule has 3 aromatic carbocycles. The monoisotopic (exact) mass is 462 g/mol. The zero-order valence-electron chi connectivity index (χ0n) is 18.5. The summed E-state index contributed by atoms with van der Waals surface area (Å²) in [4.78, 5) is 14.4. The number of rotatable bonds is 8. The molecule has 1 aromatic heterocycles. The molecule has 1 unspecified atom stereocenters. The third-order valence-corrected chi connectivity index (χ3v) is 6.02. The summed E-state index contributed by atoms with van der Waals surface area (Å²) in [5, 5.41) is 24.8. The van der Waals surface area contributed by atoms with Crippen molar-refractivity contribution in [1.82, 2.24) is 15.1 Å². The molecule has 0 aliphatic heterocycles. The van der Waals surface area contributed by atoms with E-state index in [0.29, 0.717) is 10.9 Å². The van der Waals surface area contributed by atoms with Crippen molar-refractivity contribution in [2.24, 2.45) is 0 Å². The Morgan fingerprint density at radius 3 is 2.55 bits per heavy atom. The second-order valence-corrected chi connectivity index (χ2v) is 8.87. The zero-order valence-corrected chi connectivity index (χ0v) is 19.3. The van der Waals surface area contributed by atoms with Gasteiger partial charge >= 0.3 is 6.03 Å². The number of nitrogens with one attached hydrogen (secondary N) is 1. The van der Waals surface area contributed by atoms with Crippen LogP contribution in [0.15, 0.2) is 72.8 Å². The molecular weight excluding hydrogens is 436 g/mol. The van der Waals surface area contributed by atoms with Gasteiger partial charge in [0.05, 0.1) is 6.54 Å². The van der Waals surface area contributed by atoms with Gasteiger partial charge in [-0.2, -0.15) is 0 Å². The third-order valence-electron chi connectivity index (χ3n) is 5.13. The Morgan fingerprint density at radius 2 is 1.76 bits per heavy atom. The fraction of sp³-hybridized carbons (Fsp3) is 0.240. The minimum absolute atomic E-state index is 0.0709. The topological polar surface area (TPSA) is 87.6 Å². The fourth-order valence-corrected chi connectivity index (χ4v) is 4.19. The van der Waals surface area contributed by atoms with E-state index >= 15 is 0 Å². The molecule has 170 valence electrons. The Labute approximate surface area is 196 Å². The van der Waals surface area contributed by atoms with Crippen molar-refractivity contribution >= 4 is 33.3 Å². The SMILES string of the molecule is CC(C)N(CC(O)COc1cccc2ccccc12)C(=O)Nc1nnc(-c2ccccc2)s1. The smallest absolute Gasteiger partial charge is 0.324 e. The number of nitrogens with zero attached hydrogens (tertiary/aromatic N) is 3. The minimum Gasteiger partial charge on any atom is -0.490 e. The largest absolute Gasteiger partial charge is 0.490 e. The molecule has 2 N–H and O–H groups in total. The lowest BCUT2D eigenvalue weighted by atomic mass is 10.1. The van der Waals surface area contributed by atoms with E-state index in [9.17, 15) is 9.90 Å². The number of amides is 2. The third kappa shape index (κ3) is 5.66. The second-order valence-electron chi connectivity index (χ2n) is 7.90. The number of fused-ring (bicyclic) bond motifs is 1. The standard InChI is InChI=1S/C25H26N4O3S/c1-17(2)29(25(31)26-24-28-27-23(33-24)19-10-4-3-5-11-19)15-20(30)16-32-22-14-8-12-18-9-6-7-13-21(18)22/h3-14,17,20,30H,15-16H2,1-2H3,(H,26,28,31). The van der Waals surface area contributed by atoms with E-state index in [1.54, 1.807) is 4.90 Å². The van der Waals surface area contributed by atoms with Crippen LogP contribution in [0.1, 0.15) is 13.8 Å². The van der Waals surface area contributed by atoms with E-state index in [0.717, 1.165) is 21.3 Å². The van der Waals surface area contributed by atoms with Gasteiger partial charge in [-0.05, 0) is 25.3 Å². The molecule has 4 aromatic rings. The predicted molar refractivity (Wildman–Crippen MR) is 132 cm³/mol. The van der Waals surface area contributed by atoms with Gasteiger partial charge in [0.2, 0.25) is 5.13 Å². The first-order valence-corrected chi connectivity index (χ1v) is 11.6. The number of urea groups is 1. The van der Waals surface area contributed by atoms with Crippen molar-refractivity contribution in [2.45, 2.75) is 26.0 Å². The number of hydrogen-bond acceptors (Lipinski definition) is 6. The average Bonchev–Trinajstić information content (AvgIpc) is 3.30. The summed E-state index contributed by atoms with van der Waals surface area (Å²) in [5.74, 6) is 0.704. The van der Waals surface area contributed by atoms with Crippen LogP contribution in [-0.4, -0.2) is 51.5 Å². The van der Waals surface area contributed by atoms with Crippen LogP contribution in [-0.2, 0) is 0 Å². The maximum absolute atomic E-state index is 12.9.